The van der Waals surface area contributed by atoms with E-state index in [1.54, 1.807) is 12.3 Å². The van der Waals surface area contributed by atoms with Gasteiger partial charge in [0.05, 0.1) is 5.69 Å². The Morgan fingerprint density at radius 2 is 2.18 bits per heavy atom. The zero-order chi connectivity index (χ0) is 8.69. The summed E-state index contributed by atoms with van der Waals surface area (Å²) in [5.41, 5.74) is 0.772. The minimum Gasteiger partial charge on any atom is -0.244 e. The van der Waals surface area contributed by atoms with Gasteiger partial charge in [0, 0.05) is 11.1 Å². The molecule has 11 heavy (non-hydrogen) atoms. The van der Waals surface area contributed by atoms with Gasteiger partial charge in [0.2, 0.25) is 0 Å². The molecule has 0 atom stereocenters. The molecule has 0 unspecified atom stereocenters. The average Bonchev–Trinajstić information content (AvgIpc) is 2.09. The van der Waals surface area contributed by atoms with Crippen molar-refractivity contribution in [3.8, 4) is 0 Å². The second-order valence-corrected chi connectivity index (χ2v) is 1.98. The molecule has 3 heteroatoms. The summed E-state index contributed by atoms with van der Waals surface area (Å²) in [5, 5.41) is 0. The fourth-order valence-corrected chi connectivity index (χ4v) is 0.705. The predicted molar refractivity (Wildman–Crippen MR) is 50.7 cm³/mol. The molecule has 0 aliphatic carbocycles. The van der Waals surface area contributed by atoms with Crippen LogP contribution in [0.2, 0.25) is 0 Å². The van der Waals surface area contributed by atoms with Crippen LogP contribution >= 0.6 is 12.6 Å². The summed E-state index contributed by atoms with van der Waals surface area (Å²) in [6.07, 6.45) is 4.74. The van der Waals surface area contributed by atoms with Crippen LogP contribution in [0.3, 0.4) is 0 Å². The minimum atomic E-state index is 0.757. The average molecular weight is 168 g/mol. The van der Waals surface area contributed by atoms with Gasteiger partial charge in [-0.05, 0) is 6.08 Å². The highest BCUT2D eigenvalue weighted by Crippen LogP contribution is 2.07. The van der Waals surface area contributed by atoms with Crippen molar-refractivity contribution in [2.24, 2.45) is 0 Å². The van der Waals surface area contributed by atoms with Crippen LogP contribution in [0.4, 0.5) is 0 Å². The predicted octanol–water partition coefficient (Wildman–Crippen LogP) is 2.43. The summed E-state index contributed by atoms with van der Waals surface area (Å²) >= 11 is 4.08. The number of nitrogens with zero attached hydrogens (tertiary/aromatic N) is 2. The molecular formula is C8H12N2S. The lowest BCUT2D eigenvalue weighted by Crippen LogP contribution is -1.82. The topological polar surface area (TPSA) is 25.8 Å². The molecule has 0 N–H and O–H groups in total. The zero-order valence-corrected chi connectivity index (χ0v) is 7.68. The summed E-state index contributed by atoms with van der Waals surface area (Å²) in [7, 11) is 0. The van der Waals surface area contributed by atoms with Crippen molar-refractivity contribution in [3.63, 3.8) is 0 Å². The third kappa shape index (κ3) is 3.18. The van der Waals surface area contributed by atoms with Crippen LogP contribution in [-0.4, -0.2) is 9.97 Å². The van der Waals surface area contributed by atoms with Gasteiger partial charge >= 0.3 is 0 Å². The monoisotopic (exact) mass is 168 g/mol. The van der Waals surface area contributed by atoms with Gasteiger partial charge < -0.3 is 0 Å². The van der Waals surface area contributed by atoms with E-state index in [2.05, 4.69) is 29.2 Å². The van der Waals surface area contributed by atoms with Gasteiger partial charge in [-0.2, -0.15) is 0 Å². The Morgan fingerprint density at radius 3 is 2.55 bits per heavy atom. The largest absolute Gasteiger partial charge is 0.244 e. The van der Waals surface area contributed by atoms with E-state index in [0.29, 0.717) is 0 Å². The standard InChI is InChI=1S/C6H6N2S.C2H6/c1-2-5-6(9)3-7-4-8-5;1-2/h2-4,9H,1H2;1-2H3. The summed E-state index contributed by atoms with van der Waals surface area (Å²) in [6, 6.07) is 0. The maximum Gasteiger partial charge on any atom is 0.116 e. The number of hydrogen-bond donors (Lipinski definition) is 1. The lowest BCUT2D eigenvalue weighted by molar-refractivity contribution is 1.08. The van der Waals surface area contributed by atoms with Gasteiger partial charge in [-0.3, -0.25) is 0 Å². The van der Waals surface area contributed by atoms with E-state index in [0.717, 1.165) is 10.6 Å². The first-order chi connectivity index (χ1) is 5.34. The molecule has 0 aromatic carbocycles. The van der Waals surface area contributed by atoms with E-state index in [1.807, 2.05) is 13.8 Å². The van der Waals surface area contributed by atoms with Gasteiger partial charge in [0.1, 0.15) is 6.33 Å². The molecule has 0 fully saturated rings. The molecule has 2 nitrogen and oxygen atoms in total. The lowest BCUT2D eigenvalue weighted by Gasteiger charge is -1.92. The van der Waals surface area contributed by atoms with Crippen molar-refractivity contribution in [1.82, 2.24) is 9.97 Å². The van der Waals surface area contributed by atoms with Crippen LogP contribution in [-0.2, 0) is 0 Å². The molecule has 1 heterocycles. The molecule has 0 radical (unpaired) electrons. The van der Waals surface area contributed by atoms with Crippen LogP contribution in [0.1, 0.15) is 19.5 Å². The number of rotatable bonds is 1. The smallest absolute Gasteiger partial charge is 0.116 e. The molecule has 0 saturated heterocycles. The Balaban J connectivity index is 0.000000461. The second kappa shape index (κ2) is 5.92. The van der Waals surface area contributed by atoms with E-state index < -0.39 is 0 Å². The molecule has 60 valence electrons. The van der Waals surface area contributed by atoms with Gasteiger partial charge in [-0.15, -0.1) is 12.6 Å². The van der Waals surface area contributed by atoms with Crippen LogP contribution in [0.15, 0.2) is 24.0 Å². The van der Waals surface area contributed by atoms with Crippen LogP contribution in [0.25, 0.3) is 6.08 Å². The van der Waals surface area contributed by atoms with E-state index >= 15 is 0 Å². The fourth-order valence-electron chi connectivity index (χ4n) is 0.489. The van der Waals surface area contributed by atoms with Crippen molar-refractivity contribution in [1.29, 1.82) is 0 Å². The third-order valence-corrected chi connectivity index (χ3v) is 1.26. The Labute approximate surface area is 72.8 Å². The van der Waals surface area contributed by atoms with E-state index in [4.69, 9.17) is 0 Å². The molecule has 1 rings (SSSR count). The van der Waals surface area contributed by atoms with Crippen LogP contribution in [0, 0.1) is 0 Å². The molecule has 0 aliphatic rings. The first-order valence-corrected chi connectivity index (χ1v) is 3.90. The normalized spacial score (nSPS) is 7.91. The van der Waals surface area contributed by atoms with Crippen molar-refractivity contribution >= 4 is 18.7 Å². The van der Waals surface area contributed by atoms with E-state index in [9.17, 15) is 0 Å². The summed E-state index contributed by atoms with van der Waals surface area (Å²) < 4.78 is 0. The first-order valence-electron chi connectivity index (χ1n) is 3.46. The Kier molecular flexibility index (Phi) is 5.47. The molecule has 0 amide bonds. The minimum absolute atomic E-state index is 0.757. The molecule has 0 spiro atoms. The van der Waals surface area contributed by atoms with Gasteiger partial charge in [0.25, 0.3) is 0 Å². The third-order valence-electron chi connectivity index (χ3n) is 0.916. The molecular weight excluding hydrogens is 156 g/mol. The maximum absolute atomic E-state index is 4.08. The summed E-state index contributed by atoms with van der Waals surface area (Å²) in [5.74, 6) is 0. The zero-order valence-electron chi connectivity index (χ0n) is 6.78. The second-order valence-electron chi connectivity index (χ2n) is 1.50. The van der Waals surface area contributed by atoms with Gasteiger partial charge in [-0.25, -0.2) is 9.97 Å². The highest BCUT2D eigenvalue weighted by atomic mass is 32.1. The quantitative estimate of drug-likeness (QED) is 0.652. The first kappa shape index (κ1) is 10.2. The Bertz CT molecular complexity index is 223. The van der Waals surface area contributed by atoms with Crippen molar-refractivity contribution in [2.75, 3.05) is 0 Å². The van der Waals surface area contributed by atoms with E-state index in [-0.39, 0.29) is 0 Å². The van der Waals surface area contributed by atoms with E-state index in [1.165, 1.54) is 6.33 Å². The number of thiol groups is 1. The highest BCUT2D eigenvalue weighted by Gasteiger charge is 1.90. The highest BCUT2D eigenvalue weighted by molar-refractivity contribution is 7.80. The fraction of sp³-hybridized carbons (Fsp3) is 0.250. The number of hydrogen-bond acceptors (Lipinski definition) is 3. The molecule has 1 aromatic heterocycles. The van der Waals surface area contributed by atoms with Crippen molar-refractivity contribution < 1.29 is 0 Å². The summed E-state index contributed by atoms with van der Waals surface area (Å²) in [6.45, 7) is 7.55. The lowest BCUT2D eigenvalue weighted by atomic mass is 10.4. The maximum atomic E-state index is 4.08. The molecule has 0 aliphatic heterocycles. The van der Waals surface area contributed by atoms with Crippen LogP contribution in [0.5, 0.6) is 0 Å². The summed E-state index contributed by atoms with van der Waals surface area (Å²) in [4.78, 5) is 8.41. The molecule has 0 bridgehead atoms. The van der Waals surface area contributed by atoms with Gasteiger partial charge in [-0.1, -0.05) is 20.4 Å². The SMILES string of the molecule is C=Cc1ncncc1S.CC. The molecule has 1 aromatic rings. The van der Waals surface area contributed by atoms with Gasteiger partial charge in [0.15, 0.2) is 0 Å². The van der Waals surface area contributed by atoms with Crippen LogP contribution < -0.4 is 0 Å². The Morgan fingerprint density at radius 1 is 1.55 bits per heavy atom. The molecule has 0 saturated carbocycles. The van der Waals surface area contributed by atoms with Crippen molar-refractivity contribution in [3.05, 3.63) is 24.8 Å². The Hall–Kier alpha value is -0.830. The number of aromatic nitrogens is 2. The van der Waals surface area contributed by atoms with Crippen molar-refractivity contribution in [2.45, 2.75) is 18.7 Å².